The summed E-state index contributed by atoms with van der Waals surface area (Å²) in [7, 11) is 0. The fourth-order valence-electron chi connectivity index (χ4n) is 3.07. The van der Waals surface area contributed by atoms with Crippen LogP contribution in [0.15, 0.2) is 6.07 Å². The largest absolute Gasteiger partial charge is 0.480 e. The van der Waals surface area contributed by atoms with Crippen LogP contribution in [-0.4, -0.2) is 26.6 Å². The summed E-state index contributed by atoms with van der Waals surface area (Å²) in [5.41, 5.74) is -0.0345. The number of hydrogen-bond acceptors (Lipinski definition) is 4. The number of carbonyl (C=O) groups is 1. The third-order valence-corrected chi connectivity index (χ3v) is 4.16. The van der Waals surface area contributed by atoms with Crippen LogP contribution in [0.3, 0.4) is 0 Å². The SMILES string of the molecule is Cc1cc(NC2(C(=O)O)CCCC(C)C2)nc(C(C)C)n1. The van der Waals surface area contributed by atoms with E-state index in [0.717, 1.165) is 24.4 Å². The van der Waals surface area contributed by atoms with Crippen LogP contribution in [0.25, 0.3) is 0 Å². The first-order chi connectivity index (χ1) is 9.82. The van der Waals surface area contributed by atoms with E-state index in [2.05, 4.69) is 22.2 Å². The van der Waals surface area contributed by atoms with Gasteiger partial charge in [-0.05, 0) is 25.7 Å². The van der Waals surface area contributed by atoms with Crippen molar-refractivity contribution in [2.75, 3.05) is 5.32 Å². The lowest BCUT2D eigenvalue weighted by Crippen LogP contribution is -2.49. The number of anilines is 1. The van der Waals surface area contributed by atoms with Crippen molar-refractivity contribution >= 4 is 11.8 Å². The molecule has 0 aliphatic heterocycles. The molecule has 0 aromatic carbocycles. The van der Waals surface area contributed by atoms with Gasteiger partial charge in [-0.2, -0.15) is 0 Å². The maximum Gasteiger partial charge on any atom is 0.329 e. The van der Waals surface area contributed by atoms with Crippen LogP contribution in [0.1, 0.15) is 63.9 Å². The number of carboxylic acid groups (broad SMARTS) is 1. The van der Waals surface area contributed by atoms with E-state index in [1.54, 1.807) is 0 Å². The molecule has 1 fully saturated rings. The molecule has 5 heteroatoms. The van der Waals surface area contributed by atoms with Crippen LogP contribution in [0.4, 0.5) is 5.82 Å². The molecule has 116 valence electrons. The second kappa shape index (κ2) is 6.00. The Morgan fingerprint density at radius 2 is 2.19 bits per heavy atom. The molecule has 5 nitrogen and oxygen atoms in total. The van der Waals surface area contributed by atoms with Gasteiger partial charge in [-0.25, -0.2) is 14.8 Å². The molecule has 2 unspecified atom stereocenters. The zero-order valence-corrected chi connectivity index (χ0v) is 13.3. The van der Waals surface area contributed by atoms with Gasteiger partial charge in [-0.3, -0.25) is 0 Å². The maximum atomic E-state index is 11.8. The number of aromatic nitrogens is 2. The van der Waals surface area contributed by atoms with Gasteiger partial charge in [0.05, 0.1) is 0 Å². The zero-order chi connectivity index (χ0) is 15.6. The Kier molecular flexibility index (Phi) is 4.49. The van der Waals surface area contributed by atoms with Gasteiger partial charge in [0.1, 0.15) is 17.2 Å². The number of carboxylic acids is 1. The average Bonchev–Trinajstić information content (AvgIpc) is 2.37. The Labute approximate surface area is 126 Å². The summed E-state index contributed by atoms with van der Waals surface area (Å²) in [6, 6.07) is 1.83. The molecule has 1 saturated carbocycles. The lowest BCUT2D eigenvalue weighted by atomic mass is 9.76. The first-order valence-electron chi connectivity index (χ1n) is 7.69. The van der Waals surface area contributed by atoms with Crippen molar-refractivity contribution in [3.05, 3.63) is 17.6 Å². The first kappa shape index (κ1) is 15.7. The Balaban J connectivity index is 2.31. The summed E-state index contributed by atoms with van der Waals surface area (Å²) in [5, 5.41) is 12.9. The number of nitrogens with one attached hydrogen (secondary N) is 1. The monoisotopic (exact) mass is 291 g/mol. The van der Waals surface area contributed by atoms with Crippen molar-refractivity contribution in [3.63, 3.8) is 0 Å². The first-order valence-corrected chi connectivity index (χ1v) is 7.69. The summed E-state index contributed by atoms with van der Waals surface area (Å²) in [6.45, 7) is 8.10. The third kappa shape index (κ3) is 3.52. The topological polar surface area (TPSA) is 75.1 Å². The molecule has 0 amide bonds. The lowest BCUT2D eigenvalue weighted by molar-refractivity contribution is -0.144. The predicted octanol–water partition coefficient (Wildman–Crippen LogP) is 3.35. The molecule has 0 bridgehead atoms. The molecule has 1 aliphatic carbocycles. The van der Waals surface area contributed by atoms with E-state index >= 15 is 0 Å². The summed E-state index contributed by atoms with van der Waals surface area (Å²) in [6.07, 6.45) is 3.31. The molecule has 1 heterocycles. The summed E-state index contributed by atoms with van der Waals surface area (Å²) in [5.74, 6) is 1.23. The van der Waals surface area contributed by atoms with Crippen molar-refractivity contribution in [2.45, 2.75) is 64.8 Å². The Hall–Kier alpha value is -1.65. The van der Waals surface area contributed by atoms with Crippen LogP contribution < -0.4 is 5.32 Å². The number of aliphatic carboxylic acids is 1. The molecule has 0 saturated heterocycles. The molecular weight excluding hydrogens is 266 g/mol. The van der Waals surface area contributed by atoms with Gasteiger partial charge < -0.3 is 10.4 Å². The van der Waals surface area contributed by atoms with Crippen LogP contribution in [0, 0.1) is 12.8 Å². The minimum atomic E-state index is -0.896. The van der Waals surface area contributed by atoms with Crippen LogP contribution in [0.2, 0.25) is 0 Å². The molecule has 0 spiro atoms. The Bertz CT molecular complexity index is 530. The number of rotatable bonds is 4. The Morgan fingerprint density at radius 3 is 2.76 bits per heavy atom. The quantitative estimate of drug-likeness (QED) is 0.889. The highest BCUT2D eigenvalue weighted by molar-refractivity contribution is 5.82. The van der Waals surface area contributed by atoms with E-state index in [1.165, 1.54) is 0 Å². The lowest BCUT2D eigenvalue weighted by Gasteiger charge is -2.37. The van der Waals surface area contributed by atoms with Gasteiger partial charge in [-0.15, -0.1) is 0 Å². The van der Waals surface area contributed by atoms with Crippen molar-refractivity contribution in [2.24, 2.45) is 5.92 Å². The maximum absolute atomic E-state index is 11.8. The zero-order valence-electron chi connectivity index (χ0n) is 13.3. The van der Waals surface area contributed by atoms with Crippen LogP contribution in [0.5, 0.6) is 0 Å². The fraction of sp³-hybridized carbons (Fsp3) is 0.688. The van der Waals surface area contributed by atoms with E-state index in [1.807, 2.05) is 26.8 Å². The van der Waals surface area contributed by atoms with Gasteiger partial charge >= 0.3 is 5.97 Å². The average molecular weight is 291 g/mol. The van der Waals surface area contributed by atoms with E-state index < -0.39 is 11.5 Å². The predicted molar refractivity (Wildman–Crippen MR) is 82.5 cm³/mol. The van der Waals surface area contributed by atoms with E-state index in [-0.39, 0.29) is 5.92 Å². The van der Waals surface area contributed by atoms with E-state index in [0.29, 0.717) is 24.6 Å². The third-order valence-electron chi connectivity index (χ3n) is 4.16. The number of hydrogen-bond donors (Lipinski definition) is 2. The van der Waals surface area contributed by atoms with Gasteiger partial charge in [0.2, 0.25) is 0 Å². The standard InChI is InChI=1S/C16H25N3O2/c1-10(2)14-17-12(4)8-13(18-14)19-16(15(20)21)7-5-6-11(3)9-16/h8,10-11H,5-7,9H2,1-4H3,(H,20,21)(H,17,18,19). The van der Waals surface area contributed by atoms with E-state index in [9.17, 15) is 9.90 Å². The number of nitrogens with zero attached hydrogens (tertiary/aromatic N) is 2. The second-order valence-corrected chi connectivity index (χ2v) is 6.62. The van der Waals surface area contributed by atoms with Crippen molar-refractivity contribution < 1.29 is 9.90 Å². The van der Waals surface area contributed by atoms with E-state index in [4.69, 9.17) is 0 Å². The fourth-order valence-corrected chi connectivity index (χ4v) is 3.07. The molecule has 1 aromatic rings. The Morgan fingerprint density at radius 1 is 1.48 bits per heavy atom. The highest BCUT2D eigenvalue weighted by Gasteiger charge is 2.42. The van der Waals surface area contributed by atoms with Gasteiger partial charge in [-0.1, -0.05) is 33.6 Å². The molecule has 0 radical (unpaired) electrons. The summed E-state index contributed by atoms with van der Waals surface area (Å²) >= 11 is 0. The molecule has 2 N–H and O–H groups in total. The highest BCUT2D eigenvalue weighted by Crippen LogP contribution is 2.35. The van der Waals surface area contributed by atoms with Crippen LogP contribution >= 0.6 is 0 Å². The molecule has 1 aromatic heterocycles. The summed E-state index contributed by atoms with van der Waals surface area (Å²) < 4.78 is 0. The smallest absolute Gasteiger partial charge is 0.329 e. The number of aryl methyl sites for hydroxylation is 1. The van der Waals surface area contributed by atoms with Crippen molar-refractivity contribution in [1.29, 1.82) is 0 Å². The van der Waals surface area contributed by atoms with Crippen molar-refractivity contribution in [3.8, 4) is 0 Å². The van der Waals surface area contributed by atoms with Gasteiger partial charge in [0, 0.05) is 17.7 Å². The molecule has 21 heavy (non-hydrogen) atoms. The molecule has 2 atom stereocenters. The van der Waals surface area contributed by atoms with Gasteiger partial charge in [0.25, 0.3) is 0 Å². The normalized spacial score (nSPS) is 25.9. The summed E-state index contributed by atoms with van der Waals surface area (Å²) in [4.78, 5) is 20.7. The minimum Gasteiger partial charge on any atom is -0.480 e. The minimum absolute atomic E-state index is 0.219. The molecule has 2 rings (SSSR count). The second-order valence-electron chi connectivity index (χ2n) is 6.62. The molecule has 1 aliphatic rings. The van der Waals surface area contributed by atoms with Gasteiger partial charge in [0.15, 0.2) is 0 Å². The highest BCUT2D eigenvalue weighted by atomic mass is 16.4. The van der Waals surface area contributed by atoms with Crippen molar-refractivity contribution in [1.82, 2.24) is 9.97 Å². The van der Waals surface area contributed by atoms with Crippen LogP contribution in [-0.2, 0) is 4.79 Å². The molecular formula is C16H25N3O2.